The number of thiol groups is 1. The molecule has 1 rings (SSSR count). The Bertz CT molecular complexity index is 320. The second-order valence-electron chi connectivity index (χ2n) is 1.87. The third-order valence-electron chi connectivity index (χ3n) is 1.15. The smallest absolute Gasteiger partial charge is 0.156 e. The average Bonchev–Trinajstić information content (AvgIpc) is 2.06. The molecular weight excluding hydrogens is 182 g/mol. The van der Waals surface area contributed by atoms with Crippen molar-refractivity contribution in [2.75, 3.05) is 0 Å². The van der Waals surface area contributed by atoms with Crippen molar-refractivity contribution >= 4 is 22.8 Å². The van der Waals surface area contributed by atoms with E-state index in [1.54, 1.807) is 18.2 Å². The lowest BCUT2D eigenvalue weighted by molar-refractivity contribution is 0.594. The lowest BCUT2D eigenvalue weighted by Crippen LogP contribution is -2.06. The predicted molar refractivity (Wildman–Crippen MR) is 44.7 cm³/mol. The number of nitrogens with zero attached hydrogens (tertiary/aromatic N) is 1. The molecule has 0 amide bonds. The van der Waals surface area contributed by atoms with Crippen molar-refractivity contribution in [1.29, 1.82) is 0 Å². The Morgan fingerprint density at radius 2 is 1.73 bits per heavy atom. The van der Waals surface area contributed by atoms with Crippen LogP contribution in [-0.2, 0) is 10.0 Å². The van der Waals surface area contributed by atoms with E-state index >= 15 is 0 Å². The Kier molecular flexibility index (Phi) is 2.53. The maximum Gasteiger partial charge on any atom is 0.442 e. The maximum atomic E-state index is 11.0. The Balaban J connectivity index is 3.14. The first-order chi connectivity index (χ1) is 5.17. The van der Waals surface area contributed by atoms with Gasteiger partial charge in [0.2, 0.25) is 12.8 Å². The molecule has 58 valence electrons. The summed E-state index contributed by atoms with van der Waals surface area (Å²) in [6, 6.07) is 7.93. The Morgan fingerprint density at radius 1 is 1.18 bits per heavy atom. The van der Waals surface area contributed by atoms with Gasteiger partial charge in [0.15, 0.2) is 0 Å². The van der Waals surface area contributed by atoms with Gasteiger partial charge in [-0.3, -0.25) is 0 Å². The van der Waals surface area contributed by atoms with Gasteiger partial charge in [-0.05, 0) is 12.1 Å². The summed E-state index contributed by atoms with van der Waals surface area (Å²) in [6.07, 6.45) is 0. The molecule has 0 N–H and O–H groups in total. The molecule has 0 saturated heterocycles. The molecule has 0 aliphatic heterocycles. The van der Waals surface area contributed by atoms with Gasteiger partial charge < -0.3 is 0 Å². The molecule has 1 aromatic rings. The molecular formula is C6H6NO2S2+. The van der Waals surface area contributed by atoms with Gasteiger partial charge in [-0.15, -0.1) is 0 Å². The zero-order valence-electron chi connectivity index (χ0n) is 5.51. The van der Waals surface area contributed by atoms with Crippen LogP contribution in [0.5, 0.6) is 0 Å². The molecule has 5 heteroatoms. The molecule has 0 unspecified atom stereocenters. The SMILES string of the molecule is O=S(=O)([N+]S)c1ccccc1. The van der Waals surface area contributed by atoms with Crippen molar-refractivity contribution in [1.82, 2.24) is 4.13 Å². The summed E-state index contributed by atoms with van der Waals surface area (Å²) in [4.78, 5) is 0.162. The summed E-state index contributed by atoms with van der Waals surface area (Å²) < 4.78 is 24.9. The molecule has 0 aliphatic rings. The van der Waals surface area contributed by atoms with E-state index in [9.17, 15) is 8.42 Å². The largest absolute Gasteiger partial charge is 0.442 e. The van der Waals surface area contributed by atoms with E-state index in [0.717, 1.165) is 0 Å². The Labute approximate surface area is 71.0 Å². The van der Waals surface area contributed by atoms with Crippen molar-refractivity contribution in [3.8, 4) is 0 Å². The van der Waals surface area contributed by atoms with Crippen LogP contribution in [0.3, 0.4) is 0 Å². The molecule has 0 aromatic heterocycles. The van der Waals surface area contributed by atoms with Crippen LogP contribution in [0.15, 0.2) is 35.2 Å². The van der Waals surface area contributed by atoms with Crippen molar-refractivity contribution in [2.45, 2.75) is 4.90 Å². The van der Waals surface area contributed by atoms with E-state index in [1.807, 2.05) is 0 Å². The summed E-state index contributed by atoms with van der Waals surface area (Å²) in [6.45, 7) is 0. The molecule has 11 heavy (non-hydrogen) atoms. The van der Waals surface area contributed by atoms with Crippen LogP contribution in [0.4, 0.5) is 0 Å². The highest BCUT2D eigenvalue weighted by atomic mass is 32.3. The molecule has 0 aliphatic carbocycles. The van der Waals surface area contributed by atoms with E-state index in [1.165, 1.54) is 12.1 Å². The van der Waals surface area contributed by atoms with Crippen LogP contribution in [0, 0.1) is 0 Å². The van der Waals surface area contributed by atoms with E-state index in [4.69, 9.17) is 0 Å². The Hall–Kier alpha value is -0.520. The van der Waals surface area contributed by atoms with Gasteiger partial charge in [0.05, 0.1) is 0 Å². The van der Waals surface area contributed by atoms with Crippen molar-refractivity contribution < 1.29 is 8.42 Å². The quantitative estimate of drug-likeness (QED) is 0.699. The van der Waals surface area contributed by atoms with Gasteiger partial charge in [0, 0.05) is 0 Å². The minimum Gasteiger partial charge on any atom is -0.156 e. The molecule has 0 heterocycles. The normalized spacial score (nSPS) is 11.4. The van der Waals surface area contributed by atoms with Crippen LogP contribution >= 0.6 is 12.8 Å². The molecule has 0 spiro atoms. The lowest BCUT2D eigenvalue weighted by atomic mass is 10.4. The number of rotatable bonds is 2. The van der Waals surface area contributed by atoms with E-state index < -0.39 is 10.0 Å². The fourth-order valence-electron chi connectivity index (χ4n) is 0.640. The topological polar surface area (TPSA) is 48.2 Å². The fourth-order valence-corrected chi connectivity index (χ4v) is 1.52. The molecule has 0 atom stereocenters. The maximum absolute atomic E-state index is 11.0. The second-order valence-corrected chi connectivity index (χ2v) is 3.94. The third-order valence-corrected chi connectivity index (χ3v) is 2.88. The monoisotopic (exact) mass is 188 g/mol. The molecule has 0 bridgehead atoms. The van der Waals surface area contributed by atoms with Crippen LogP contribution in [-0.4, -0.2) is 8.42 Å². The Morgan fingerprint density at radius 3 is 2.18 bits per heavy atom. The van der Waals surface area contributed by atoms with Crippen LogP contribution in [0.2, 0.25) is 0 Å². The average molecular weight is 188 g/mol. The summed E-state index contributed by atoms with van der Waals surface area (Å²) in [5.41, 5.74) is 0. The molecule has 0 saturated carbocycles. The summed E-state index contributed by atoms with van der Waals surface area (Å²) in [7, 11) is -3.51. The highest BCUT2D eigenvalue weighted by molar-refractivity contribution is 8.00. The van der Waals surface area contributed by atoms with Crippen LogP contribution < -0.4 is 4.13 Å². The van der Waals surface area contributed by atoms with Gasteiger partial charge in [0.25, 0.3) is 4.13 Å². The standard InChI is InChI=1S/C6H6NO2S2/c8-11(9,7-10)6-4-2-1-3-5-6/h1-5,10H/q+1. The minimum atomic E-state index is -3.51. The summed E-state index contributed by atoms with van der Waals surface area (Å²) in [5.74, 6) is 0. The van der Waals surface area contributed by atoms with Crippen molar-refractivity contribution in [2.24, 2.45) is 0 Å². The first-order valence-electron chi connectivity index (χ1n) is 2.83. The number of hydrogen-bond donors (Lipinski definition) is 1. The molecule has 0 fully saturated rings. The number of benzene rings is 1. The first kappa shape index (κ1) is 8.58. The summed E-state index contributed by atoms with van der Waals surface area (Å²) >= 11 is 3.35. The highest BCUT2D eigenvalue weighted by Gasteiger charge is 2.25. The minimum absolute atomic E-state index is 0.162. The second kappa shape index (κ2) is 3.25. The van der Waals surface area contributed by atoms with Crippen LogP contribution in [0.1, 0.15) is 0 Å². The van der Waals surface area contributed by atoms with Gasteiger partial charge in [-0.25, -0.2) is 0 Å². The van der Waals surface area contributed by atoms with Crippen LogP contribution in [0.25, 0.3) is 0 Å². The van der Waals surface area contributed by atoms with Gasteiger partial charge >= 0.3 is 10.0 Å². The van der Waals surface area contributed by atoms with E-state index in [0.29, 0.717) is 0 Å². The van der Waals surface area contributed by atoms with Gasteiger partial charge in [-0.2, -0.15) is 8.42 Å². The first-order valence-corrected chi connectivity index (χ1v) is 4.67. The highest BCUT2D eigenvalue weighted by Crippen LogP contribution is 2.07. The van der Waals surface area contributed by atoms with Gasteiger partial charge in [-0.1, -0.05) is 18.2 Å². The third kappa shape index (κ3) is 1.95. The van der Waals surface area contributed by atoms with E-state index in [-0.39, 0.29) is 4.90 Å². The summed E-state index contributed by atoms with van der Waals surface area (Å²) in [5, 5.41) is 0. The zero-order chi connectivity index (χ0) is 8.32. The number of sulfonamides is 1. The molecule has 3 nitrogen and oxygen atoms in total. The molecule has 1 aromatic carbocycles. The van der Waals surface area contributed by atoms with Crippen molar-refractivity contribution in [3.63, 3.8) is 0 Å². The fraction of sp³-hybridized carbons (Fsp3) is 0. The predicted octanol–water partition coefficient (Wildman–Crippen LogP) is 0.825. The molecule has 2 radical (unpaired) electrons. The van der Waals surface area contributed by atoms with Crippen molar-refractivity contribution in [3.05, 3.63) is 30.3 Å². The van der Waals surface area contributed by atoms with E-state index in [2.05, 4.69) is 16.9 Å². The van der Waals surface area contributed by atoms with Gasteiger partial charge in [0.1, 0.15) is 4.90 Å². The number of hydrogen-bond acceptors (Lipinski definition) is 3. The lowest BCUT2D eigenvalue weighted by Gasteiger charge is -1.86. The zero-order valence-corrected chi connectivity index (χ0v) is 7.22.